The van der Waals surface area contributed by atoms with Crippen LogP contribution in [-0.4, -0.2) is 36.5 Å². The van der Waals surface area contributed by atoms with E-state index in [1.165, 1.54) is 0 Å². The second kappa shape index (κ2) is 4.88. The molecule has 3 heteroatoms. The van der Waals surface area contributed by atoms with Gasteiger partial charge >= 0.3 is 0 Å². The number of rotatable bonds is 2. The number of amides is 1. The summed E-state index contributed by atoms with van der Waals surface area (Å²) in [5.74, 6) is 1.99. The molecule has 0 aromatic carbocycles. The fourth-order valence-corrected chi connectivity index (χ4v) is 1.75. The molecule has 1 N–H and O–H groups in total. The van der Waals surface area contributed by atoms with E-state index in [0.29, 0.717) is 12.6 Å². The number of hydrogen-bond acceptors (Lipinski definition) is 2. The second-order valence-electron chi connectivity index (χ2n) is 3.24. The summed E-state index contributed by atoms with van der Waals surface area (Å²) >= 11 is 0. The monoisotopic (exact) mass is 180 g/mol. The number of carbonyl (C=O) groups is 1. The first-order valence-electron chi connectivity index (χ1n) is 4.77. The van der Waals surface area contributed by atoms with Crippen molar-refractivity contribution < 1.29 is 4.79 Å². The molecule has 0 aromatic rings. The van der Waals surface area contributed by atoms with Crippen molar-refractivity contribution in [2.75, 3.05) is 19.6 Å². The summed E-state index contributed by atoms with van der Waals surface area (Å²) in [4.78, 5) is 13.1. The molecule has 1 fully saturated rings. The third-order valence-electron chi connectivity index (χ3n) is 2.44. The Kier molecular flexibility index (Phi) is 3.78. The molecule has 1 aliphatic rings. The molecule has 13 heavy (non-hydrogen) atoms. The van der Waals surface area contributed by atoms with Gasteiger partial charge in [-0.15, -0.1) is 6.42 Å². The Labute approximate surface area is 79.5 Å². The molecular formula is C10H16N2O. The zero-order chi connectivity index (χ0) is 9.68. The topological polar surface area (TPSA) is 32.3 Å². The average Bonchev–Trinajstić information content (AvgIpc) is 2.20. The van der Waals surface area contributed by atoms with Crippen molar-refractivity contribution >= 4 is 5.91 Å². The van der Waals surface area contributed by atoms with Crippen molar-refractivity contribution in [1.29, 1.82) is 0 Å². The van der Waals surface area contributed by atoms with Crippen LogP contribution in [0, 0.1) is 12.3 Å². The molecule has 1 saturated heterocycles. The van der Waals surface area contributed by atoms with Crippen LogP contribution in [0.15, 0.2) is 0 Å². The van der Waals surface area contributed by atoms with Gasteiger partial charge < -0.3 is 10.2 Å². The van der Waals surface area contributed by atoms with E-state index in [2.05, 4.69) is 11.2 Å². The van der Waals surface area contributed by atoms with E-state index in [4.69, 9.17) is 6.42 Å². The molecule has 1 amide bonds. The van der Waals surface area contributed by atoms with E-state index < -0.39 is 0 Å². The largest absolute Gasteiger partial charge is 0.328 e. The van der Waals surface area contributed by atoms with Crippen LogP contribution in [0.3, 0.4) is 0 Å². The van der Waals surface area contributed by atoms with E-state index in [0.717, 1.165) is 25.9 Å². The first-order valence-corrected chi connectivity index (χ1v) is 4.77. The Hall–Kier alpha value is -1.01. The van der Waals surface area contributed by atoms with Crippen LogP contribution in [0.5, 0.6) is 0 Å². The van der Waals surface area contributed by atoms with Gasteiger partial charge in [-0.25, -0.2) is 0 Å². The molecule has 1 unspecified atom stereocenters. The van der Waals surface area contributed by atoms with Gasteiger partial charge in [0.15, 0.2) is 0 Å². The molecule has 0 bridgehead atoms. The highest BCUT2D eigenvalue weighted by Crippen LogP contribution is 2.09. The number of terminal acetylenes is 1. The first-order chi connectivity index (χ1) is 6.29. The molecule has 1 rings (SSSR count). The highest BCUT2D eigenvalue weighted by atomic mass is 16.2. The van der Waals surface area contributed by atoms with Gasteiger partial charge in [-0.1, -0.05) is 0 Å². The van der Waals surface area contributed by atoms with Crippen molar-refractivity contribution in [3.8, 4) is 12.3 Å². The Morgan fingerprint density at radius 3 is 3.00 bits per heavy atom. The van der Waals surface area contributed by atoms with Crippen molar-refractivity contribution in [2.45, 2.75) is 25.8 Å². The summed E-state index contributed by atoms with van der Waals surface area (Å²) in [7, 11) is 0. The molecule has 0 spiro atoms. The molecule has 1 heterocycles. The molecule has 0 aliphatic carbocycles. The highest BCUT2D eigenvalue weighted by molar-refractivity contribution is 5.93. The van der Waals surface area contributed by atoms with Crippen LogP contribution in [0.2, 0.25) is 0 Å². The summed E-state index contributed by atoms with van der Waals surface area (Å²) < 4.78 is 0. The Morgan fingerprint density at radius 1 is 1.77 bits per heavy atom. The summed E-state index contributed by atoms with van der Waals surface area (Å²) in [6.45, 7) is 4.60. The molecule has 1 atom stereocenters. The van der Waals surface area contributed by atoms with E-state index in [-0.39, 0.29) is 5.91 Å². The third kappa shape index (κ3) is 2.46. The Balaban J connectivity index is 2.54. The van der Waals surface area contributed by atoms with Gasteiger partial charge in [-0.2, -0.15) is 0 Å². The van der Waals surface area contributed by atoms with Gasteiger partial charge in [0.1, 0.15) is 0 Å². The van der Waals surface area contributed by atoms with E-state index >= 15 is 0 Å². The maximum atomic E-state index is 11.3. The maximum absolute atomic E-state index is 11.3. The predicted octanol–water partition coefficient (Wildman–Crippen LogP) is 0.220. The van der Waals surface area contributed by atoms with Crippen molar-refractivity contribution in [1.82, 2.24) is 10.2 Å². The Bertz CT molecular complexity index is 213. The molecule has 0 radical (unpaired) electrons. The van der Waals surface area contributed by atoms with Gasteiger partial charge in [0.25, 0.3) is 5.91 Å². The lowest BCUT2D eigenvalue weighted by molar-refractivity contribution is -0.127. The van der Waals surface area contributed by atoms with Crippen LogP contribution in [0.1, 0.15) is 19.8 Å². The molecule has 0 aromatic heterocycles. The van der Waals surface area contributed by atoms with Crippen LogP contribution in [-0.2, 0) is 4.79 Å². The standard InChI is InChI=1S/C10H16N2O/c1-3-10(13)12(4-2)9-6-5-7-11-8-9/h1,9,11H,4-8H2,2H3. The van der Waals surface area contributed by atoms with Crippen molar-refractivity contribution in [3.05, 3.63) is 0 Å². The number of hydrogen-bond donors (Lipinski definition) is 1. The first kappa shape index (κ1) is 10.1. The minimum atomic E-state index is -0.184. The minimum absolute atomic E-state index is 0.184. The van der Waals surface area contributed by atoms with Gasteiger partial charge in [0.05, 0.1) is 0 Å². The predicted molar refractivity (Wildman–Crippen MR) is 52.1 cm³/mol. The molecular weight excluding hydrogens is 164 g/mol. The zero-order valence-electron chi connectivity index (χ0n) is 8.05. The van der Waals surface area contributed by atoms with E-state index in [1.54, 1.807) is 4.90 Å². The van der Waals surface area contributed by atoms with Gasteiger partial charge in [0.2, 0.25) is 0 Å². The van der Waals surface area contributed by atoms with Crippen molar-refractivity contribution in [2.24, 2.45) is 0 Å². The second-order valence-corrected chi connectivity index (χ2v) is 3.24. The number of piperidine rings is 1. The smallest absolute Gasteiger partial charge is 0.298 e. The summed E-state index contributed by atoms with van der Waals surface area (Å²) in [5, 5.41) is 3.27. The number of nitrogens with zero attached hydrogens (tertiary/aromatic N) is 1. The molecule has 72 valence electrons. The van der Waals surface area contributed by atoms with Gasteiger partial charge in [-0.05, 0) is 32.2 Å². The lowest BCUT2D eigenvalue weighted by atomic mass is 10.1. The van der Waals surface area contributed by atoms with E-state index in [1.807, 2.05) is 6.92 Å². The molecule has 3 nitrogen and oxygen atoms in total. The summed E-state index contributed by atoms with van der Waals surface area (Å²) in [6.07, 6.45) is 7.28. The molecule has 1 aliphatic heterocycles. The minimum Gasteiger partial charge on any atom is -0.328 e. The lowest BCUT2D eigenvalue weighted by Gasteiger charge is -2.32. The zero-order valence-corrected chi connectivity index (χ0v) is 8.05. The highest BCUT2D eigenvalue weighted by Gasteiger charge is 2.22. The van der Waals surface area contributed by atoms with Crippen LogP contribution < -0.4 is 5.32 Å². The summed E-state index contributed by atoms with van der Waals surface area (Å²) in [5.41, 5.74) is 0. The number of carbonyl (C=O) groups excluding carboxylic acids is 1. The lowest BCUT2D eigenvalue weighted by Crippen LogP contribution is -2.48. The van der Waals surface area contributed by atoms with Crippen LogP contribution >= 0.6 is 0 Å². The SMILES string of the molecule is C#CC(=O)N(CC)C1CCCNC1. The van der Waals surface area contributed by atoms with Crippen LogP contribution in [0.25, 0.3) is 0 Å². The van der Waals surface area contributed by atoms with Gasteiger partial charge in [0, 0.05) is 19.1 Å². The fourth-order valence-electron chi connectivity index (χ4n) is 1.75. The van der Waals surface area contributed by atoms with E-state index in [9.17, 15) is 4.79 Å². The number of nitrogens with one attached hydrogen (secondary N) is 1. The van der Waals surface area contributed by atoms with Crippen LogP contribution in [0.4, 0.5) is 0 Å². The van der Waals surface area contributed by atoms with Crippen molar-refractivity contribution in [3.63, 3.8) is 0 Å². The third-order valence-corrected chi connectivity index (χ3v) is 2.44. The maximum Gasteiger partial charge on any atom is 0.298 e. The quantitative estimate of drug-likeness (QED) is 0.617. The number of likely N-dealkylation sites (N-methyl/N-ethyl adjacent to an activating group) is 1. The normalized spacial score (nSPS) is 22.0. The van der Waals surface area contributed by atoms with Gasteiger partial charge in [-0.3, -0.25) is 4.79 Å². The molecule has 0 saturated carbocycles. The average molecular weight is 180 g/mol. The Morgan fingerprint density at radius 2 is 2.54 bits per heavy atom. The summed E-state index contributed by atoms with van der Waals surface area (Å²) in [6, 6.07) is 0.294. The fraction of sp³-hybridized carbons (Fsp3) is 0.700.